The normalized spacial score (nSPS) is 13.0. The number of benzene rings is 1. The highest BCUT2D eigenvalue weighted by atomic mass is 35.5. The third-order valence-electron chi connectivity index (χ3n) is 3.58. The maximum atomic E-state index is 11.9. The van der Waals surface area contributed by atoms with Crippen molar-refractivity contribution in [3.63, 3.8) is 0 Å². The SMILES string of the molecule is CCC(=O)OC(OC(=O)NCCC(C(=O)O)c1ccc(Cl)cc1)C(C)C. The van der Waals surface area contributed by atoms with Crippen LogP contribution in [0.4, 0.5) is 4.79 Å². The van der Waals surface area contributed by atoms with Crippen LogP contribution in [-0.4, -0.2) is 36.0 Å². The van der Waals surface area contributed by atoms with E-state index in [1.165, 1.54) is 0 Å². The van der Waals surface area contributed by atoms with Crippen LogP contribution in [0, 0.1) is 5.92 Å². The summed E-state index contributed by atoms with van der Waals surface area (Å²) in [4.78, 5) is 34.7. The third kappa shape index (κ3) is 7.31. The zero-order valence-corrected chi connectivity index (χ0v) is 15.8. The minimum absolute atomic E-state index is 0.0883. The number of carboxylic acids is 1. The van der Waals surface area contributed by atoms with Crippen LogP contribution in [0.1, 0.15) is 45.1 Å². The second-order valence-electron chi connectivity index (χ2n) is 6.02. The number of esters is 1. The van der Waals surface area contributed by atoms with Crippen LogP contribution in [0.5, 0.6) is 0 Å². The summed E-state index contributed by atoms with van der Waals surface area (Å²) in [7, 11) is 0. The zero-order chi connectivity index (χ0) is 19.7. The Labute approximate surface area is 157 Å². The molecule has 1 aromatic rings. The van der Waals surface area contributed by atoms with Crippen LogP contribution in [0.3, 0.4) is 0 Å². The van der Waals surface area contributed by atoms with Gasteiger partial charge in [-0.25, -0.2) is 4.79 Å². The summed E-state index contributed by atoms with van der Waals surface area (Å²) >= 11 is 5.81. The molecule has 0 spiro atoms. The number of amides is 1. The highest BCUT2D eigenvalue weighted by Gasteiger charge is 2.23. The molecule has 0 fully saturated rings. The van der Waals surface area contributed by atoms with E-state index in [4.69, 9.17) is 21.1 Å². The number of carboxylic acid groups (broad SMARTS) is 1. The lowest BCUT2D eigenvalue weighted by atomic mass is 9.96. The van der Waals surface area contributed by atoms with Crippen LogP contribution in [-0.2, 0) is 19.1 Å². The summed E-state index contributed by atoms with van der Waals surface area (Å²) in [5, 5.41) is 12.4. The Morgan fingerprint density at radius 1 is 1.15 bits per heavy atom. The lowest BCUT2D eigenvalue weighted by molar-refractivity contribution is -0.174. The van der Waals surface area contributed by atoms with Gasteiger partial charge in [-0.1, -0.05) is 44.5 Å². The Hall–Kier alpha value is -2.28. The van der Waals surface area contributed by atoms with Crippen molar-refractivity contribution in [2.75, 3.05) is 6.54 Å². The maximum Gasteiger partial charge on any atom is 0.410 e. The van der Waals surface area contributed by atoms with Gasteiger partial charge in [-0.15, -0.1) is 0 Å². The predicted octanol–water partition coefficient (Wildman–Crippen LogP) is 3.56. The van der Waals surface area contributed by atoms with Gasteiger partial charge in [-0.05, 0) is 24.1 Å². The monoisotopic (exact) mass is 385 g/mol. The molecule has 0 bridgehead atoms. The molecule has 2 unspecified atom stereocenters. The van der Waals surface area contributed by atoms with Gasteiger partial charge >= 0.3 is 18.0 Å². The van der Waals surface area contributed by atoms with Crippen molar-refractivity contribution >= 4 is 29.6 Å². The second-order valence-corrected chi connectivity index (χ2v) is 6.46. The molecule has 0 aromatic heterocycles. The molecule has 0 aliphatic heterocycles. The first-order chi connectivity index (χ1) is 12.2. The Morgan fingerprint density at radius 2 is 1.77 bits per heavy atom. The van der Waals surface area contributed by atoms with Crippen molar-refractivity contribution in [2.45, 2.75) is 45.8 Å². The molecule has 1 rings (SSSR count). The van der Waals surface area contributed by atoms with Crippen LogP contribution in [0.25, 0.3) is 0 Å². The van der Waals surface area contributed by atoms with E-state index in [0.717, 1.165) is 0 Å². The Bertz CT molecular complexity index is 617. The topological polar surface area (TPSA) is 102 Å². The van der Waals surface area contributed by atoms with E-state index < -0.39 is 30.2 Å². The maximum absolute atomic E-state index is 11.9. The molecule has 0 saturated heterocycles. The summed E-state index contributed by atoms with van der Waals surface area (Å²) in [5.74, 6) is -2.46. The van der Waals surface area contributed by atoms with Gasteiger partial charge in [0, 0.05) is 23.9 Å². The summed E-state index contributed by atoms with van der Waals surface area (Å²) in [6, 6.07) is 6.50. The van der Waals surface area contributed by atoms with Crippen LogP contribution in [0.15, 0.2) is 24.3 Å². The highest BCUT2D eigenvalue weighted by Crippen LogP contribution is 2.21. The molecular formula is C18H24ClNO6. The first-order valence-corrected chi connectivity index (χ1v) is 8.74. The fourth-order valence-corrected chi connectivity index (χ4v) is 2.23. The minimum atomic E-state index is -1.00. The van der Waals surface area contributed by atoms with Gasteiger partial charge in [-0.2, -0.15) is 0 Å². The van der Waals surface area contributed by atoms with E-state index in [2.05, 4.69) is 5.32 Å². The van der Waals surface area contributed by atoms with Crippen molar-refractivity contribution < 1.29 is 29.0 Å². The molecule has 0 radical (unpaired) electrons. The summed E-state index contributed by atoms with van der Waals surface area (Å²) in [5.41, 5.74) is 0.592. The Kier molecular flexibility index (Phi) is 8.92. The van der Waals surface area contributed by atoms with Crippen LogP contribution in [0.2, 0.25) is 5.02 Å². The van der Waals surface area contributed by atoms with Gasteiger partial charge in [0.05, 0.1) is 5.92 Å². The van der Waals surface area contributed by atoms with E-state index in [1.54, 1.807) is 45.0 Å². The summed E-state index contributed by atoms with van der Waals surface area (Å²) < 4.78 is 10.1. The average molecular weight is 386 g/mol. The number of nitrogens with one attached hydrogen (secondary N) is 1. The average Bonchev–Trinajstić information content (AvgIpc) is 2.58. The van der Waals surface area contributed by atoms with Crippen molar-refractivity contribution in [1.29, 1.82) is 0 Å². The molecule has 0 saturated carbocycles. The number of ether oxygens (including phenoxy) is 2. The number of carbonyl (C=O) groups is 3. The molecule has 7 nitrogen and oxygen atoms in total. The number of rotatable bonds is 9. The first-order valence-electron chi connectivity index (χ1n) is 8.36. The molecular weight excluding hydrogens is 362 g/mol. The smallest absolute Gasteiger partial charge is 0.410 e. The number of halogens is 1. The lowest BCUT2D eigenvalue weighted by Crippen LogP contribution is -2.35. The van der Waals surface area contributed by atoms with Crippen molar-refractivity contribution in [3.8, 4) is 0 Å². The number of carbonyl (C=O) groups excluding carboxylic acids is 2. The third-order valence-corrected chi connectivity index (χ3v) is 3.83. The van der Waals surface area contributed by atoms with E-state index in [1.807, 2.05) is 0 Å². The molecule has 2 N–H and O–H groups in total. The van der Waals surface area contributed by atoms with E-state index in [9.17, 15) is 19.5 Å². The molecule has 2 atom stereocenters. The second kappa shape index (κ2) is 10.7. The molecule has 1 aromatic carbocycles. The fraction of sp³-hybridized carbons (Fsp3) is 0.500. The van der Waals surface area contributed by atoms with Crippen molar-refractivity contribution in [2.24, 2.45) is 5.92 Å². The first kappa shape index (κ1) is 21.8. The van der Waals surface area contributed by atoms with E-state index in [0.29, 0.717) is 10.6 Å². The predicted molar refractivity (Wildman–Crippen MR) is 95.9 cm³/mol. The summed E-state index contributed by atoms with van der Waals surface area (Å²) in [6.45, 7) is 5.23. The number of hydrogen-bond acceptors (Lipinski definition) is 5. The molecule has 0 heterocycles. The molecule has 1 amide bonds. The van der Waals surface area contributed by atoms with E-state index in [-0.39, 0.29) is 25.3 Å². The van der Waals surface area contributed by atoms with Crippen molar-refractivity contribution in [1.82, 2.24) is 5.32 Å². The highest BCUT2D eigenvalue weighted by molar-refractivity contribution is 6.30. The molecule has 0 aliphatic rings. The summed E-state index contributed by atoms with van der Waals surface area (Å²) in [6.07, 6.45) is -1.41. The van der Waals surface area contributed by atoms with Crippen LogP contribution < -0.4 is 5.32 Å². The number of alkyl carbamates (subject to hydrolysis) is 1. The molecule has 144 valence electrons. The van der Waals surface area contributed by atoms with Crippen LogP contribution >= 0.6 is 11.6 Å². The van der Waals surface area contributed by atoms with Gasteiger partial charge in [0.25, 0.3) is 6.29 Å². The van der Waals surface area contributed by atoms with Gasteiger partial charge in [0.2, 0.25) is 0 Å². The standard InChI is InChI=1S/C18H24ClNO6/c1-4-15(21)25-17(11(2)3)26-18(24)20-10-9-14(16(22)23)12-5-7-13(19)8-6-12/h5-8,11,14,17H,4,9-10H2,1-3H3,(H,20,24)(H,22,23). The zero-order valence-electron chi connectivity index (χ0n) is 15.0. The van der Waals surface area contributed by atoms with E-state index >= 15 is 0 Å². The molecule has 0 aliphatic carbocycles. The quantitative estimate of drug-likeness (QED) is 0.497. The minimum Gasteiger partial charge on any atom is -0.481 e. The fourth-order valence-electron chi connectivity index (χ4n) is 2.10. The Balaban J connectivity index is 2.55. The lowest BCUT2D eigenvalue weighted by Gasteiger charge is -2.21. The van der Waals surface area contributed by atoms with Crippen molar-refractivity contribution in [3.05, 3.63) is 34.9 Å². The number of hydrogen-bond donors (Lipinski definition) is 2. The number of aliphatic carboxylic acids is 1. The molecule has 8 heteroatoms. The Morgan fingerprint density at radius 3 is 2.27 bits per heavy atom. The molecule has 26 heavy (non-hydrogen) atoms. The van der Waals surface area contributed by atoms with Gasteiger partial charge in [-0.3, -0.25) is 9.59 Å². The van der Waals surface area contributed by atoms with Gasteiger partial charge in [0.1, 0.15) is 0 Å². The van der Waals surface area contributed by atoms with Gasteiger partial charge < -0.3 is 19.9 Å². The van der Waals surface area contributed by atoms with Gasteiger partial charge in [0.15, 0.2) is 0 Å². The largest absolute Gasteiger partial charge is 0.481 e.